The van der Waals surface area contributed by atoms with E-state index in [1.165, 1.54) is 0 Å². The van der Waals surface area contributed by atoms with Gasteiger partial charge in [0.05, 0.1) is 5.52 Å². The summed E-state index contributed by atoms with van der Waals surface area (Å²) in [6, 6.07) is 23.4. The minimum Gasteiger partial charge on any atom is -0.457 e. The van der Waals surface area contributed by atoms with E-state index in [0.717, 1.165) is 34.4 Å². The summed E-state index contributed by atoms with van der Waals surface area (Å²) in [5, 5.41) is 4.29. The third kappa shape index (κ3) is 4.15. The first kappa shape index (κ1) is 16.8. The Hall–Kier alpha value is -3.60. The van der Waals surface area contributed by atoms with Gasteiger partial charge in [-0.15, -0.1) is 0 Å². The highest BCUT2D eigenvalue weighted by Crippen LogP contribution is 2.25. The van der Waals surface area contributed by atoms with Crippen LogP contribution in [0.15, 0.2) is 79.0 Å². The van der Waals surface area contributed by atoms with Crippen molar-refractivity contribution in [3.8, 4) is 11.5 Å². The highest BCUT2D eigenvalue weighted by Gasteiger charge is 2.04. The SMILES string of the molecule is Nc1cc(Oc2ccccc2)ccc1CCNc1ncc2ccccc2n1. The largest absolute Gasteiger partial charge is 0.457 e. The summed E-state index contributed by atoms with van der Waals surface area (Å²) in [5.41, 5.74) is 8.89. The number of anilines is 2. The first-order valence-corrected chi connectivity index (χ1v) is 8.85. The van der Waals surface area contributed by atoms with Gasteiger partial charge in [0.25, 0.3) is 0 Å². The predicted octanol–water partition coefficient (Wildman–Crippen LogP) is 4.66. The zero-order valence-corrected chi connectivity index (χ0v) is 14.8. The smallest absolute Gasteiger partial charge is 0.223 e. The fraction of sp³-hybridized carbons (Fsp3) is 0.0909. The number of hydrogen-bond donors (Lipinski definition) is 2. The number of nitrogens with one attached hydrogen (secondary N) is 1. The van der Waals surface area contributed by atoms with Crippen LogP contribution in [0.3, 0.4) is 0 Å². The van der Waals surface area contributed by atoms with Crippen LogP contribution in [0.4, 0.5) is 11.6 Å². The minimum atomic E-state index is 0.622. The molecule has 134 valence electrons. The molecule has 0 atom stereocenters. The van der Waals surface area contributed by atoms with Gasteiger partial charge in [-0.25, -0.2) is 9.97 Å². The molecule has 0 aliphatic rings. The van der Waals surface area contributed by atoms with E-state index in [2.05, 4.69) is 15.3 Å². The van der Waals surface area contributed by atoms with Crippen LogP contribution >= 0.6 is 0 Å². The Labute approximate surface area is 157 Å². The van der Waals surface area contributed by atoms with Crippen LogP contribution in [0.5, 0.6) is 11.5 Å². The monoisotopic (exact) mass is 356 g/mol. The Bertz CT molecular complexity index is 1050. The molecule has 0 aliphatic carbocycles. The number of fused-ring (bicyclic) bond motifs is 1. The molecular weight excluding hydrogens is 336 g/mol. The van der Waals surface area contributed by atoms with Crippen LogP contribution in [-0.4, -0.2) is 16.5 Å². The molecule has 0 aliphatic heterocycles. The van der Waals surface area contributed by atoms with Gasteiger partial charge in [0.1, 0.15) is 11.5 Å². The Morgan fingerprint density at radius 1 is 0.889 bits per heavy atom. The topological polar surface area (TPSA) is 73.1 Å². The van der Waals surface area contributed by atoms with Gasteiger partial charge >= 0.3 is 0 Å². The molecule has 0 unspecified atom stereocenters. The summed E-state index contributed by atoms with van der Waals surface area (Å²) in [7, 11) is 0. The van der Waals surface area contributed by atoms with Crippen LogP contribution in [0.2, 0.25) is 0 Å². The molecule has 0 saturated carbocycles. The lowest BCUT2D eigenvalue weighted by atomic mass is 10.1. The average Bonchev–Trinajstić information content (AvgIpc) is 2.70. The highest BCUT2D eigenvalue weighted by molar-refractivity contribution is 5.78. The van der Waals surface area contributed by atoms with E-state index < -0.39 is 0 Å². The van der Waals surface area contributed by atoms with E-state index in [-0.39, 0.29) is 0 Å². The average molecular weight is 356 g/mol. The molecule has 27 heavy (non-hydrogen) atoms. The first-order valence-electron chi connectivity index (χ1n) is 8.85. The van der Waals surface area contributed by atoms with Gasteiger partial charge in [-0.1, -0.05) is 42.5 Å². The van der Waals surface area contributed by atoms with E-state index in [0.29, 0.717) is 18.2 Å². The number of nitrogen functional groups attached to an aromatic ring is 1. The van der Waals surface area contributed by atoms with Crippen molar-refractivity contribution in [3.05, 3.63) is 84.6 Å². The summed E-state index contributed by atoms with van der Waals surface area (Å²) < 4.78 is 5.81. The predicted molar refractivity (Wildman–Crippen MR) is 109 cm³/mol. The third-order valence-corrected chi connectivity index (χ3v) is 4.26. The van der Waals surface area contributed by atoms with Crippen molar-refractivity contribution in [2.24, 2.45) is 0 Å². The fourth-order valence-electron chi connectivity index (χ4n) is 2.86. The van der Waals surface area contributed by atoms with Gasteiger partial charge in [0.15, 0.2) is 0 Å². The normalized spacial score (nSPS) is 10.7. The van der Waals surface area contributed by atoms with Gasteiger partial charge in [0, 0.05) is 29.9 Å². The number of ether oxygens (including phenoxy) is 1. The number of aromatic nitrogens is 2. The quantitative estimate of drug-likeness (QED) is 0.492. The maximum atomic E-state index is 6.19. The summed E-state index contributed by atoms with van der Waals surface area (Å²) in [6.07, 6.45) is 2.60. The molecule has 1 aromatic heterocycles. The number of benzene rings is 3. The van der Waals surface area contributed by atoms with Crippen LogP contribution in [0.1, 0.15) is 5.56 Å². The van der Waals surface area contributed by atoms with Crippen molar-refractivity contribution in [1.82, 2.24) is 9.97 Å². The van der Waals surface area contributed by atoms with Crippen LogP contribution in [0.25, 0.3) is 10.9 Å². The molecule has 0 radical (unpaired) electrons. The lowest BCUT2D eigenvalue weighted by molar-refractivity contribution is 0.483. The van der Waals surface area contributed by atoms with Gasteiger partial charge in [-0.3, -0.25) is 0 Å². The van der Waals surface area contributed by atoms with Crippen LogP contribution in [0, 0.1) is 0 Å². The molecule has 0 spiro atoms. The number of nitrogens with two attached hydrogens (primary N) is 1. The molecular formula is C22H20N4O. The molecule has 3 N–H and O–H groups in total. The van der Waals surface area contributed by atoms with E-state index in [4.69, 9.17) is 10.5 Å². The number of hydrogen-bond acceptors (Lipinski definition) is 5. The van der Waals surface area contributed by atoms with Crippen molar-refractivity contribution >= 4 is 22.5 Å². The fourth-order valence-corrected chi connectivity index (χ4v) is 2.86. The zero-order valence-electron chi connectivity index (χ0n) is 14.8. The molecule has 1 heterocycles. The van der Waals surface area contributed by atoms with E-state index in [9.17, 15) is 0 Å². The van der Waals surface area contributed by atoms with Crippen molar-refractivity contribution in [2.75, 3.05) is 17.6 Å². The standard InChI is InChI=1S/C22H20N4O/c23-20-14-19(27-18-7-2-1-3-8-18)11-10-16(20)12-13-24-22-25-15-17-6-4-5-9-21(17)26-22/h1-11,14-15H,12-13,23H2,(H,24,25,26). The van der Waals surface area contributed by atoms with Gasteiger partial charge in [0.2, 0.25) is 5.95 Å². The molecule has 0 amide bonds. The minimum absolute atomic E-state index is 0.622. The summed E-state index contributed by atoms with van der Waals surface area (Å²) in [5.74, 6) is 2.14. The van der Waals surface area contributed by atoms with E-state index in [1.807, 2.05) is 79.0 Å². The van der Waals surface area contributed by atoms with Crippen LogP contribution in [-0.2, 0) is 6.42 Å². The van der Waals surface area contributed by atoms with Crippen molar-refractivity contribution in [3.63, 3.8) is 0 Å². The summed E-state index contributed by atoms with van der Waals surface area (Å²) in [6.45, 7) is 0.696. The third-order valence-electron chi connectivity index (χ3n) is 4.26. The summed E-state index contributed by atoms with van der Waals surface area (Å²) in [4.78, 5) is 8.86. The van der Waals surface area contributed by atoms with Gasteiger partial charge < -0.3 is 15.8 Å². The second-order valence-corrected chi connectivity index (χ2v) is 6.20. The Kier molecular flexibility index (Phi) is 4.83. The Balaban J connectivity index is 1.37. The molecule has 0 bridgehead atoms. The first-order chi connectivity index (χ1) is 13.3. The van der Waals surface area contributed by atoms with E-state index in [1.54, 1.807) is 0 Å². The Morgan fingerprint density at radius 2 is 1.70 bits per heavy atom. The molecule has 4 rings (SSSR count). The second kappa shape index (κ2) is 7.74. The zero-order chi connectivity index (χ0) is 18.5. The van der Waals surface area contributed by atoms with Crippen molar-refractivity contribution in [1.29, 1.82) is 0 Å². The Morgan fingerprint density at radius 3 is 2.56 bits per heavy atom. The molecule has 0 saturated heterocycles. The molecule has 0 fully saturated rings. The number of rotatable bonds is 6. The second-order valence-electron chi connectivity index (χ2n) is 6.20. The lowest BCUT2D eigenvalue weighted by Gasteiger charge is -2.10. The lowest BCUT2D eigenvalue weighted by Crippen LogP contribution is -2.09. The number of para-hydroxylation sites is 2. The van der Waals surface area contributed by atoms with Crippen LogP contribution < -0.4 is 15.8 Å². The van der Waals surface area contributed by atoms with Crippen molar-refractivity contribution < 1.29 is 4.74 Å². The number of nitrogens with zero attached hydrogens (tertiary/aromatic N) is 2. The molecule has 5 heteroatoms. The van der Waals surface area contributed by atoms with E-state index >= 15 is 0 Å². The van der Waals surface area contributed by atoms with Crippen molar-refractivity contribution in [2.45, 2.75) is 6.42 Å². The van der Waals surface area contributed by atoms with Gasteiger partial charge in [-0.2, -0.15) is 0 Å². The maximum Gasteiger partial charge on any atom is 0.223 e. The summed E-state index contributed by atoms with van der Waals surface area (Å²) >= 11 is 0. The maximum absolute atomic E-state index is 6.19. The molecule has 5 nitrogen and oxygen atoms in total. The van der Waals surface area contributed by atoms with Gasteiger partial charge in [-0.05, 0) is 36.2 Å². The molecule has 3 aromatic carbocycles. The highest BCUT2D eigenvalue weighted by atomic mass is 16.5. The molecule has 4 aromatic rings.